The first-order valence-electron chi connectivity index (χ1n) is 8.94. The highest BCUT2D eigenvalue weighted by Gasteiger charge is 2.30. The highest BCUT2D eigenvalue weighted by atomic mass is 16.6. The van der Waals surface area contributed by atoms with Crippen LogP contribution in [0.4, 0.5) is 4.79 Å². The molecule has 26 heavy (non-hydrogen) atoms. The maximum absolute atomic E-state index is 12.4. The standard InChI is InChI=1S/C20H25N3O3/c1-20(2,3)26-19(25)23-10-4-5-16(12-23)18-17(11-21-22-18)15-8-6-14(13-24)7-9-15/h6-9,11,13,16H,4-5,10,12H2,1-3H3,(H,21,22). The molecule has 1 fully saturated rings. The van der Waals surface area contributed by atoms with E-state index in [4.69, 9.17) is 4.74 Å². The largest absolute Gasteiger partial charge is 0.444 e. The predicted octanol–water partition coefficient (Wildman–Crippen LogP) is 4.00. The Morgan fingerprint density at radius 3 is 2.69 bits per heavy atom. The van der Waals surface area contributed by atoms with E-state index in [0.717, 1.165) is 35.9 Å². The number of amides is 1. The highest BCUT2D eigenvalue weighted by molar-refractivity contribution is 5.77. The Hall–Kier alpha value is -2.63. The molecule has 0 saturated carbocycles. The number of carbonyl (C=O) groups excluding carboxylic acids is 2. The number of nitrogens with zero attached hydrogens (tertiary/aromatic N) is 2. The average Bonchev–Trinajstić information content (AvgIpc) is 3.10. The van der Waals surface area contributed by atoms with E-state index < -0.39 is 5.60 Å². The number of H-pyrrole nitrogens is 1. The Kier molecular flexibility index (Phi) is 5.11. The van der Waals surface area contributed by atoms with Crippen LogP contribution in [0.3, 0.4) is 0 Å². The molecule has 0 radical (unpaired) electrons. The van der Waals surface area contributed by atoms with Gasteiger partial charge in [-0.15, -0.1) is 0 Å². The first kappa shape index (κ1) is 18.2. The van der Waals surface area contributed by atoms with Gasteiger partial charge in [-0.3, -0.25) is 9.89 Å². The number of aromatic nitrogens is 2. The third-order valence-corrected chi connectivity index (χ3v) is 4.51. The molecule has 6 nitrogen and oxygen atoms in total. The number of aromatic amines is 1. The lowest BCUT2D eigenvalue weighted by molar-refractivity contribution is 0.0197. The lowest BCUT2D eigenvalue weighted by Gasteiger charge is -2.34. The molecule has 0 bridgehead atoms. The van der Waals surface area contributed by atoms with E-state index in [9.17, 15) is 9.59 Å². The van der Waals surface area contributed by atoms with Gasteiger partial charge in [-0.2, -0.15) is 5.10 Å². The summed E-state index contributed by atoms with van der Waals surface area (Å²) < 4.78 is 5.51. The molecule has 2 heterocycles. The normalized spacial score (nSPS) is 17.8. The van der Waals surface area contributed by atoms with E-state index in [-0.39, 0.29) is 12.0 Å². The zero-order valence-electron chi connectivity index (χ0n) is 15.5. The van der Waals surface area contributed by atoms with E-state index in [2.05, 4.69) is 10.2 Å². The molecule has 1 N–H and O–H groups in total. The summed E-state index contributed by atoms with van der Waals surface area (Å²) in [5.41, 5.74) is 3.20. The van der Waals surface area contributed by atoms with Crippen LogP contribution in [0.2, 0.25) is 0 Å². The summed E-state index contributed by atoms with van der Waals surface area (Å²) in [6, 6.07) is 7.44. The summed E-state index contributed by atoms with van der Waals surface area (Å²) in [7, 11) is 0. The van der Waals surface area contributed by atoms with E-state index in [1.54, 1.807) is 23.2 Å². The summed E-state index contributed by atoms with van der Waals surface area (Å²) in [5.74, 6) is 0.180. The lowest BCUT2D eigenvalue weighted by atomic mass is 9.90. The number of carbonyl (C=O) groups is 2. The van der Waals surface area contributed by atoms with Gasteiger partial charge >= 0.3 is 6.09 Å². The average molecular weight is 355 g/mol. The van der Waals surface area contributed by atoms with E-state index >= 15 is 0 Å². The molecule has 6 heteroatoms. The van der Waals surface area contributed by atoms with Crippen molar-refractivity contribution in [1.82, 2.24) is 15.1 Å². The molecule has 1 aliphatic heterocycles. The van der Waals surface area contributed by atoms with Crippen molar-refractivity contribution < 1.29 is 14.3 Å². The second-order valence-electron chi connectivity index (χ2n) is 7.70. The number of ether oxygens (including phenoxy) is 1. The number of hydrogen-bond acceptors (Lipinski definition) is 4. The van der Waals surface area contributed by atoms with Crippen molar-refractivity contribution >= 4 is 12.4 Å². The fourth-order valence-electron chi connectivity index (χ4n) is 3.28. The van der Waals surface area contributed by atoms with Crippen molar-refractivity contribution in [3.63, 3.8) is 0 Å². The van der Waals surface area contributed by atoms with Gasteiger partial charge in [-0.25, -0.2) is 4.79 Å². The van der Waals surface area contributed by atoms with Crippen LogP contribution >= 0.6 is 0 Å². The fourth-order valence-corrected chi connectivity index (χ4v) is 3.28. The minimum Gasteiger partial charge on any atom is -0.444 e. The molecule has 1 amide bonds. The Morgan fingerprint density at radius 2 is 2.04 bits per heavy atom. The Labute approximate surface area is 153 Å². The quantitative estimate of drug-likeness (QED) is 0.844. The molecule has 1 atom stereocenters. The van der Waals surface area contributed by atoms with Crippen molar-refractivity contribution in [3.05, 3.63) is 41.7 Å². The molecule has 0 spiro atoms. The number of likely N-dealkylation sites (tertiary alicyclic amines) is 1. The Morgan fingerprint density at radius 1 is 1.31 bits per heavy atom. The van der Waals surface area contributed by atoms with Gasteiger partial charge in [-0.1, -0.05) is 24.3 Å². The van der Waals surface area contributed by atoms with Crippen molar-refractivity contribution in [2.45, 2.75) is 45.1 Å². The fraction of sp³-hybridized carbons (Fsp3) is 0.450. The van der Waals surface area contributed by atoms with Gasteiger partial charge < -0.3 is 9.64 Å². The van der Waals surface area contributed by atoms with E-state index in [0.29, 0.717) is 18.7 Å². The topological polar surface area (TPSA) is 75.3 Å². The molecule has 1 aromatic heterocycles. The third-order valence-electron chi connectivity index (χ3n) is 4.51. The van der Waals surface area contributed by atoms with Crippen LogP contribution in [-0.2, 0) is 4.74 Å². The van der Waals surface area contributed by atoms with Crippen LogP contribution in [0.5, 0.6) is 0 Å². The van der Waals surface area contributed by atoms with Gasteiger partial charge in [0.25, 0.3) is 0 Å². The van der Waals surface area contributed by atoms with Gasteiger partial charge in [-0.05, 0) is 39.2 Å². The smallest absolute Gasteiger partial charge is 0.410 e. The van der Waals surface area contributed by atoms with Crippen molar-refractivity contribution in [3.8, 4) is 11.1 Å². The zero-order chi connectivity index (χ0) is 18.7. The van der Waals surface area contributed by atoms with Gasteiger partial charge in [0.2, 0.25) is 0 Å². The summed E-state index contributed by atoms with van der Waals surface area (Å²) in [6.45, 7) is 6.95. The number of nitrogens with one attached hydrogen (secondary N) is 1. The minimum absolute atomic E-state index is 0.180. The minimum atomic E-state index is -0.497. The summed E-state index contributed by atoms with van der Waals surface area (Å²) in [4.78, 5) is 25.0. The number of rotatable bonds is 3. The second kappa shape index (κ2) is 7.32. The van der Waals surface area contributed by atoms with Gasteiger partial charge in [0.1, 0.15) is 11.9 Å². The molecule has 3 rings (SSSR count). The zero-order valence-corrected chi connectivity index (χ0v) is 15.5. The summed E-state index contributed by atoms with van der Waals surface area (Å²) >= 11 is 0. The first-order chi connectivity index (χ1) is 12.4. The van der Waals surface area contributed by atoms with E-state index in [1.165, 1.54) is 0 Å². The number of aldehydes is 1. The lowest BCUT2D eigenvalue weighted by Crippen LogP contribution is -2.42. The van der Waals surface area contributed by atoms with Crippen LogP contribution in [0.15, 0.2) is 30.5 Å². The van der Waals surface area contributed by atoms with Gasteiger partial charge in [0.05, 0.1) is 6.20 Å². The Bertz CT molecular complexity index is 774. The Balaban J connectivity index is 1.78. The third kappa shape index (κ3) is 4.12. The molecule has 1 aromatic carbocycles. The van der Waals surface area contributed by atoms with Crippen LogP contribution in [-0.4, -0.2) is 46.2 Å². The van der Waals surface area contributed by atoms with Crippen LogP contribution in [0.1, 0.15) is 55.6 Å². The molecule has 0 aliphatic carbocycles. The molecule has 2 aromatic rings. The SMILES string of the molecule is CC(C)(C)OC(=O)N1CCCC(c2[nH]ncc2-c2ccc(C=O)cc2)C1. The van der Waals surface area contributed by atoms with E-state index in [1.807, 2.05) is 32.9 Å². The maximum Gasteiger partial charge on any atom is 0.410 e. The van der Waals surface area contributed by atoms with Gasteiger partial charge in [0, 0.05) is 35.8 Å². The molecule has 1 saturated heterocycles. The molecular formula is C20H25N3O3. The van der Waals surface area contributed by atoms with Crippen LogP contribution in [0.25, 0.3) is 11.1 Å². The molecule has 1 unspecified atom stereocenters. The van der Waals surface area contributed by atoms with Crippen LogP contribution < -0.4 is 0 Å². The number of benzene rings is 1. The van der Waals surface area contributed by atoms with Crippen LogP contribution in [0, 0.1) is 0 Å². The molecule has 138 valence electrons. The summed E-state index contributed by atoms with van der Waals surface area (Å²) in [5, 5.41) is 7.33. The first-order valence-corrected chi connectivity index (χ1v) is 8.94. The predicted molar refractivity (Wildman–Crippen MR) is 99.2 cm³/mol. The maximum atomic E-state index is 12.4. The summed E-state index contributed by atoms with van der Waals surface area (Å²) in [6.07, 6.45) is 4.28. The van der Waals surface area contributed by atoms with Crippen molar-refractivity contribution in [1.29, 1.82) is 0 Å². The van der Waals surface area contributed by atoms with Crippen molar-refractivity contribution in [2.75, 3.05) is 13.1 Å². The van der Waals surface area contributed by atoms with Gasteiger partial charge in [0.15, 0.2) is 0 Å². The number of hydrogen-bond donors (Lipinski definition) is 1. The second-order valence-corrected chi connectivity index (χ2v) is 7.70. The monoisotopic (exact) mass is 355 g/mol. The molecular weight excluding hydrogens is 330 g/mol. The highest BCUT2D eigenvalue weighted by Crippen LogP contribution is 2.33. The van der Waals surface area contributed by atoms with Crippen molar-refractivity contribution in [2.24, 2.45) is 0 Å². The number of piperidine rings is 1. The molecule has 1 aliphatic rings.